The number of likely N-dealkylation sites (tertiary alicyclic amines) is 1. The molecular formula is C16H20Cl3NO8. The molecule has 1 aliphatic heterocycles. The number of halogens is 3. The maximum atomic E-state index is 12.7. The van der Waals surface area contributed by atoms with Crippen LogP contribution in [0.3, 0.4) is 0 Å². The highest BCUT2D eigenvalue weighted by atomic mass is 35.6. The van der Waals surface area contributed by atoms with Crippen molar-refractivity contribution in [3.05, 3.63) is 11.3 Å². The van der Waals surface area contributed by atoms with Gasteiger partial charge in [0.05, 0.1) is 7.11 Å². The lowest BCUT2D eigenvalue weighted by atomic mass is 9.89. The van der Waals surface area contributed by atoms with Crippen LogP contribution >= 0.6 is 34.8 Å². The number of amides is 1. The smallest absolute Gasteiger partial charge is 0.464 e. The van der Waals surface area contributed by atoms with Crippen molar-refractivity contribution in [2.24, 2.45) is 5.92 Å². The van der Waals surface area contributed by atoms with E-state index in [1.54, 1.807) is 13.8 Å². The highest BCUT2D eigenvalue weighted by molar-refractivity contribution is 6.67. The third kappa shape index (κ3) is 6.15. The zero-order chi connectivity index (χ0) is 21.8. The van der Waals surface area contributed by atoms with E-state index in [-0.39, 0.29) is 5.70 Å². The predicted molar refractivity (Wildman–Crippen MR) is 98.5 cm³/mol. The second-order valence-corrected chi connectivity index (χ2v) is 8.57. The van der Waals surface area contributed by atoms with Crippen LogP contribution in [0.4, 0.5) is 4.79 Å². The van der Waals surface area contributed by atoms with Crippen molar-refractivity contribution in [2.45, 2.75) is 43.8 Å². The third-order valence-corrected chi connectivity index (χ3v) is 3.93. The van der Waals surface area contributed by atoms with Gasteiger partial charge in [-0.05, 0) is 26.3 Å². The Kier molecular flexibility index (Phi) is 8.40. The average Bonchev–Trinajstić information content (AvgIpc) is 2.55. The molecule has 0 N–H and O–H groups in total. The molecule has 0 bridgehead atoms. The molecule has 1 saturated heterocycles. The molecule has 9 nitrogen and oxygen atoms in total. The molecule has 0 saturated carbocycles. The van der Waals surface area contributed by atoms with Crippen LogP contribution in [0.5, 0.6) is 0 Å². The molecule has 158 valence electrons. The van der Waals surface area contributed by atoms with Gasteiger partial charge in [0.15, 0.2) is 6.23 Å². The van der Waals surface area contributed by atoms with Crippen LogP contribution in [0.15, 0.2) is 11.3 Å². The van der Waals surface area contributed by atoms with Crippen LogP contribution in [0.25, 0.3) is 0 Å². The molecule has 12 heteroatoms. The molecule has 0 radical (unpaired) electrons. The minimum atomic E-state index is -1.83. The van der Waals surface area contributed by atoms with Crippen molar-refractivity contribution in [1.29, 1.82) is 0 Å². The van der Waals surface area contributed by atoms with Crippen molar-refractivity contribution < 1.29 is 38.1 Å². The summed E-state index contributed by atoms with van der Waals surface area (Å²) in [6, 6.07) is 0. The van der Waals surface area contributed by atoms with E-state index in [1.807, 2.05) is 0 Å². The molecule has 1 amide bonds. The normalized spacial score (nSPS) is 19.9. The summed E-state index contributed by atoms with van der Waals surface area (Å²) in [7, 11) is 1.15. The zero-order valence-electron chi connectivity index (χ0n) is 15.8. The van der Waals surface area contributed by atoms with Crippen molar-refractivity contribution in [3.63, 3.8) is 0 Å². The minimum absolute atomic E-state index is 0.0685. The summed E-state index contributed by atoms with van der Waals surface area (Å²) in [4.78, 5) is 48.9. The number of ether oxygens (including phenoxy) is 4. The Hall–Kier alpha value is -1.71. The fraction of sp³-hybridized carbons (Fsp3) is 0.625. The summed E-state index contributed by atoms with van der Waals surface area (Å²) < 4.78 is 17.6. The summed E-state index contributed by atoms with van der Waals surface area (Å²) >= 11 is 16.4. The SMILES string of the molecule is COC(=O)C(=C(C)C)N1C(=O)[C@@H](C(C)OC(=O)OCC(Cl)(Cl)Cl)[C@H]1OC(C)=O. The first kappa shape index (κ1) is 24.3. The molecular weight excluding hydrogens is 441 g/mol. The van der Waals surface area contributed by atoms with Gasteiger partial charge >= 0.3 is 18.1 Å². The van der Waals surface area contributed by atoms with Crippen molar-refractivity contribution in [1.82, 2.24) is 4.90 Å². The number of nitrogens with zero attached hydrogens (tertiary/aromatic N) is 1. The fourth-order valence-electron chi connectivity index (χ4n) is 2.49. The van der Waals surface area contributed by atoms with Gasteiger partial charge in [-0.2, -0.15) is 0 Å². The number of carbonyl (C=O) groups is 4. The van der Waals surface area contributed by atoms with Gasteiger partial charge in [-0.25, -0.2) is 9.59 Å². The van der Waals surface area contributed by atoms with Crippen molar-refractivity contribution in [2.75, 3.05) is 13.7 Å². The van der Waals surface area contributed by atoms with Crippen LogP contribution in [0.1, 0.15) is 27.7 Å². The number of hydrogen-bond donors (Lipinski definition) is 0. The first-order valence-electron chi connectivity index (χ1n) is 7.96. The summed E-state index contributed by atoms with van der Waals surface area (Å²) in [5.41, 5.74) is 0.396. The first-order valence-corrected chi connectivity index (χ1v) is 9.09. The molecule has 1 aliphatic rings. The zero-order valence-corrected chi connectivity index (χ0v) is 18.1. The maximum absolute atomic E-state index is 12.7. The van der Waals surface area contributed by atoms with Gasteiger partial charge in [0.2, 0.25) is 9.70 Å². The Balaban J connectivity index is 2.99. The Morgan fingerprint density at radius 3 is 2.18 bits per heavy atom. The Morgan fingerprint density at radius 1 is 1.18 bits per heavy atom. The van der Waals surface area contributed by atoms with Crippen LogP contribution in [-0.2, 0) is 33.3 Å². The summed E-state index contributed by atoms with van der Waals surface area (Å²) in [5, 5.41) is 0. The van der Waals surface area contributed by atoms with Gasteiger partial charge in [-0.1, -0.05) is 34.8 Å². The standard InChI is InChI=1S/C16H20Cl3NO8/c1-7(2)11(14(23)25-5)20-12(22)10(13(20)28-9(4)21)8(3)27-15(24)26-6-16(17,18)19/h8,10,13H,6H2,1-5H3/t8?,10-,13-/m1/s1. The lowest BCUT2D eigenvalue weighted by molar-refractivity contribution is -0.203. The number of carbonyl (C=O) groups excluding carboxylic acids is 4. The summed E-state index contributed by atoms with van der Waals surface area (Å²) in [6.45, 7) is 5.15. The Bertz CT molecular complexity index is 684. The summed E-state index contributed by atoms with van der Waals surface area (Å²) in [6.07, 6.45) is -3.42. The molecule has 0 aromatic heterocycles. The van der Waals surface area contributed by atoms with Crippen molar-refractivity contribution >= 4 is 58.8 Å². The van der Waals surface area contributed by atoms with E-state index in [1.165, 1.54) is 6.92 Å². The maximum Gasteiger partial charge on any atom is 0.508 e. The lowest BCUT2D eigenvalue weighted by Gasteiger charge is -2.47. The molecule has 0 aromatic rings. The average molecular weight is 461 g/mol. The van der Waals surface area contributed by atoms with E-state index >= 15 is 0 Å². The number of hydrogen-bond acceptors (Lipinski definition) is 8. The van der Waals surface area contributed by atoms with Crippen LogP contribution in [-0.4, -0.2) is 58.7 Å². The highest BCUT2D eigenvalue weighted by Gasteiger charge is 2.56. The minimum Gasteiger partial charge on any atom is -0.464 e. The van der Waals surface area contributed by atoms with Gasteiger partial charge in [-0.15, -0.1) is 0 Å². The van der Waals surface area contributed by atoms with E-state index < -0.39 is 52.7 Å². The van der Waals surface area contributed by atoms with Crippen LogP contribution < -0.4 is 0 Å². The van der Waals surface area contributed by atoms with Crippen LogP contribution in [0.2, 0.25) is 0 Å². The molecule has 1 heterocycles. The number of alkyl halides is 3. The largest absolute Gasteiger partial charge is 0.508 e. The number of β-lactam (4-membered cyclic amide) rings is 1. The van der Waals surface area contributed by atoms with Gasteiger partial charge < -0.3 is 18.9 Å². The number of allylic oxidation sites excluding steroid dienone is 1. The number of methoxy groups -OCH3 is 1. The van der Waals surface area contributed by atoms with Gasteiger partial charge in [0, 0.05) is 6.92 Å². The molecule has 3 atom stereocenters. The second-order valence-electron chi connectivity index (χ2n) is 6.05. The number of rotatable bonds is 6. The molecule has 1 rings (SSSR count). The van der Waals surface area contributed by atoms with E-state index in [0.29, 0.717) is 5.57 Å². The first-order chi connectivity index (χ1) is 12.8. The highest BCUT2D eigenvalue weighted by Crippen LogP contribution is 2.37. The fourth-order valence-corrected chi connectivity index (χ4v) is 2.66. The molecule has 0 aliphatic carbocycles. The lowest BCUT2D eigenvalue weighted by Crippen LogP contribution is -2.66. The van der Waals surface area contributed by atoms with E-state index in [2.05, 4.69) is 9.47 Å². The van der Waals surface area contributed by atoms with Gasteiger partial charge in [0.1, 0.15) is 24.3 Å². The second kappa shape index (κ2) is 9.67. The van der Waals surface area contributed by atoms with Crippen molar-refractivity contribution in [3.8, 4) is 0 Å². The Labute approximate surface area is 176 Å². The molecule has 1 fully saturated rings. The molecule has 1 unspecified atom stereocenters. The summed E-state index contributed by atoms with van der Waals surface area (Å²) in [5.74, 6) is -3.14. The predicted octanol–water partition coefficient (Wildman–Crippen LogP) is 2.71. The molecule has 28 heavy (non-hydrogen) atoms. The quantitative estimate of drug-likeness (QED) is 0.196. The third-order valence-electron chi connectivity index (χ3n) is 3.61. The van der Waals surface area contributed by atoms with Crippen LogP contribution in [0, 0.1) is 5.92 Å². The van der Waals surface area contributed by atoms with E-state index in [9.17, 15) is 19.2 Å². The van der Waals surface area contributed by atoms with E-state index in [0.717, 1.165) is 18.9 Å². The Morgan fingerprint density at radius 2 is 1.75 bits per heavy atom. The molecule has 0 spiro atoms. The molecule has 0 aromatic carbocycles. The van der Waals surface area contributed by atoms with Gasteiger partial charge in [0.25, 0.3) is 0 Å². The van der Waals surface area contributed by atoms with E-state index in [4.69, 9.17) is 44.3 Å². The topological polar surface area (TPSA) is 108 Å². The van der Waals surface area contributed by atoms with Gasteiger partial charge in [-0.3, -0.25) is 14.5 Å². The number of esters is 2. The monoisotopic (exact) mass is 459 g/mol.